The summed E-state index contributed by atoms with van der Waals surface area (Å²) in [7, 11) is 0. The zero-order valence-electron chi connectivity index (χ0n) is 4.15. The maximum atomic E-state index is 4.54. The van der Waals surface area contributed by atoms with Crippen LogP contribution in [0.25, 0.3) is 0 Å². The van der Waals surface area contributed by atoms with Crippen LogP contribution in [0.1, 0.15) is 1.43 Å². The van der Waals surface area contributed by atoms with Gasteiger partial charge in [0.25, 0.3) is 0 Å². The van der Waals surface area contributed by atoms with Gasteiger partial charge >= 0.3 is 18.9 Å². The molecule has 0 fully saturated rings. The minimum atomic E-state index is 0. The molecule has 0 saturated heterocycles. The van der Waals surface area contributed by atoms with Crippen molar-refractivity contribution in [3.63, 3.8) is 0 Å². The number of rotatable bonds is 0. The fourth-order valence-corrected chi connectivity index (χ4v) is 0. The summed E-state index contributed by atoms with van der Waals surface area (Å²) in [5.41, 5.74) is 0. The maximum Gasteiger partial charge on any atom is 1.00 e. The monoisotopic (exact) mass is 58.0 g/mol. The first-order valence-electron chi connectivity index (χ1n) is 0.827. The van der Waals surface area contributed by atoms with E-state index in [1.165, 1.54) is 0 Å². The molecule has 0 radical (unpaired) electrons. The molecule has 20 valence electrons. The smallest absolute Gasteiger partial charge is 1.00 e. The van der Waals surface area contributed by atoms with Crippen molar-refractivity contribution >= 4 is 0 Å². The van der Waals surface area contributed by atoms with Crippen LogP contribution in [0.5, 0.6) is 0 Å². The molecule has 0 bridgehead atoms. The van der Waals surface area contributed by atoms with Gasteiger partial charge in [0.05, 0.1) is 0 Å². The van der Waals surface area contributed by atoms with Gasteiger partial charge < -0.3 is 1.43 Å². The molecule has 0 nitrogen and oxygen atoms in total. The van der Waals surface area contributed by atoms with E-state index in [4.69, 9.17) is 0 Å². The van der Waals surface area contributed by atoms with Crippen molar-refractivity contribution in [2.75, 3.05) is 0 Å². The molecule has 0 aliphatic rings. The quantitative estimate of drug-likeness (QED) is 0.211. The fourth-order valence-electron chi connectivity index (χ4n) is 0. The van der Waals surface area contributed by atoms with Gasteiger partial charge in [0.15, 0.2) is 0 Å². The van der Waals surface area contributed by atoms with E-state index < -0.39 is 0 Å². The number of hydrogen-bond acceptors (Lipinski definition) is 0. The zero-order valence-corrected chi connectivity index (χ0v) is 3.15. The summed E-state index contributed by atoms with van der Waals surface area (Å²) in [5, 5.41) is 0. The van der Waals surface area contributed by atoms with Gasteiger partial charge in [-0.2, -0.15) is 0 Å². The van der Waals surface area contributed by atoms with Crippen LogP contribution in [0.2, 0.25) is 0 Å². The molecule has 0 aromatic heterocycles. The Morgan fingerprint density at radius 3 is 1.40 bits per heavy atom. The average Bonchev–Trinajstić information content (AvgIpc) is 1.37. The van der Waals surface area contributed by atoms with E-state index in [2.05, 4.69) is 12.8 Å². The normalized spacial score (nSPS) is 2.00. The molecule has 0 amide bonds. The molecule has 0 unspecified atom stereocenters. The van der Waals surface area contributed by atoms with E-state index >= 15 is 0 Å². The molecular weight excluding hydrogens is 55.0 g/mol. The Labute approximate surface area is 45.6 Å². The van der Waals surface area contributed by atoms with Crippen LogP contribution >= 0.6 is 0 Å². The summed E-state index contributed by atoms with van der Waals surface area (Å²) in [6, 6.07) is 0. The number of hydrogen-bond donors (Lipinski definition) is 0. The molecule has 0 aromatic rings. The maximum absolute atomic E-state index is 4.54. The van der Waals surface area contributed by atoms with Gasteiger partial charge in [0.2, 0.25) is 0 Å². The molecule has 0 N–H and O–H groups in total. The van der Waals surface area contributed by atoms with Gasteiger partial charge in [-0.1, -0.05) is 0 Å². The van der Waals surface area contributed by atoms with E-state index in [-0.39, 0.29) is 20.3 Å². The van der Waals surface area contributed by atoms with Gasteiger partial charge in [0.1, 0.15) is 0 Å². The molecule has 1 heteroatoms. The van der Waals surface area contributed by atoms with Crippen molar-refractivity contribution in [1.29, 1.82) is 0 Å². The van der Waals surface area contributed by atoms with Crippen LogP contribution in [0.4, 0.5) is 0 Å². The Bertz CT molecular complexity index is 62.5. The first-order valence-corrected chi connectivity index (χ1v) is 0.827. The minimum absolute atomic E-state index is 0. The van der Waals surface area contributed by atoms with Gasteiger partial charge in [-0.25, -0.2) is 0 Å². The van der Waals surface area contributed by atoms with Crippen LogP contribution in [0.3, 0.4) is 0 Å². The summed E-state index contributed by atoms with van der Waals surface area (Å²) in [6.45, 7) is 0. The van der Waals surface area contributed by atoms with Crippen LogP contribution in [-0.4, -0.2) is 0 Å². The van der Waals surface area contributed by atoms with Gasteiger partial charge in [-0.3, -0.25) is 0 Å². The molecule has 0 aliphatic carbocycles. The molecule has 0 aliphatic heterocycles. The Kier molecular flexibility index (Phi) is 16.4. The van der Waals surface area contributed by atoms with Gasteiger partial charge in [0, 0.05) is 0 Å². The molecule has 0 saturated carbocycles. The van der Waals surface area contributed by atoms with E-state index in [0.717, 1.165) is 0 Å². The molecular formula is C4H3Li. The summed E-state index contributed by atoms with van der Waals surface area (Å²) < 4.78 is 0. The van der Waals surface area contributed by atoms with E-state index in [0.29, 0.717) is 0 Å². The molecule has 0 heterocycles. The Morgan fingerprint density at radius 2 is 1.40 bits per heavy atom. The molecule has 5 heavy (non-hydrogen) atoms. The molecule has 0 spiro atoms. The largest absolute Gasteiger partial charge is 1.00 e. The van der Waals surface area contributed by atoms with Crippen molar-refractivity contribution in [1.82, 2.24) is 0 Å². The minimum Gasteiger partial charge on any atom is -1.00 e. The van der Waals surface area contributed by atoms with Crippen molar-refractivity contribution < 1.29 is 20.3 Å². The third kappa shape index (κ3) is 21.3. The second-order valence-corrected chi connectivity index (χ2v) is 0.289. The summed E-state index contributed by atoms with van der Waals surface area (Å²) in [5.74, 6) is 3.92. The van der Waals surface area contributed by atoms with Crippen molar-refractivity contribution in [3.8, 4) is 24.7 Å². The van der Waals surface area contributed by atoms with E-state index in [1.54, 1.807) is 0 Å². The van der Waals surface area contributed by atoms with Crippen LogP contribution in [0, 0.1) is 24.7 Å². The molecule has 0 atom stereocenters. The second kappa shape index (κ2) is 9.31. The molecule has 0 rings (SSSR count). The standard InChI is InChI=1S/C4H2.Li.H/c1-3-4-2;;/h1-2H;;/q;+1;-1. The van der Waals surface area contributed by atoms with Crippen LogP contribution < -0.4 is 18.9 Å². The zero-order chi connectivity index (χ0) is 3.41. The average molecular weight is 58.0 g/mol. The molecule has 0 aromatic carbocycles. The van der Waals surface area contributed by atoms with Crippen LogP contribution in [0.15, 0.2) is 0 Å². The van der Waals surface area contributed by atoms with E-state index in [1.807, 2.05) is 11.8 Å². The van der Waals surface area contributed by atoms with Crippen molar-refractivity contribution in [2.45, 2.75) is 0 Å². The van der Waals surface area contributed by atoms with E-state index in [9.17, 15) is 0 Å². The SMILES string of the molecule is C#CC#C.[H-].[Li+]. The fraction of sp³-hybridized carbons (Fsp3) is 0. The first-order chi connectivity index (χ1) is 1.91. The van der Waals surface area contributed by atoms with Crippen molar-refractivity contribution in [3.05, 3.63) is 0 Å². The predicted molar refractivity (Wildman–Crippen MR) is 18.8 cm³/mol. The Balaban J connectivity index is -0.0000000450. The van der Waals surface area contributed by atoms with Crippen molar-refractivity contribution in [2.24, 2.45) is 0 Å². The second-order valence-electron chi connectivity index (χ2n) is 0.289. The summed E-state index contributed by atoms with van der Waals surface area (Å²) in [6.07, 6.45) is 9.08. The Morgan fingerprint density at radius 1 is 1.20 bits per heavy atom. The summed E-state index contributed by atoms with van der Waals surface area (Å²) >= 11 is 0. The van der Waals surface area contributed by atoms with Crippen LogP contribution in [-0.2, 0) is 0 Å². The first kappa shape index (κ1) is 8.83. The predicted octanol–water partition coefficient (Wildman–Crippen LogP) is -2.63. The third-order valence-electron chi connectivity index (χ3n) is 0.0833. The van der Waals surface area contributed by atoms with Gasteiger partial charge in [-0.05, 0) is 11.8 Å². The van der Waals surface area contributed by atoms with Gasteiger partial charge in [-0.15, -0.1) is 12.8 Å². The summed E-state index contributed by atoms with van der Waals surface area (Å²) in [4.78, 5) is 0. The Hall–Kier alpha value is -0.283. The topological polar surface area (TPSA) is 0 Å². The third-order valence-corrected chi connectivity index (χ3v) is 0.0833. The number of terminal acetylenes is 2.